The molecule has 3 heterocycles. The van der Waals surface area contributed by atoms with E-state index in [0.717, 1.165) is 31.4 Å². The summed E-state index contributed by atoms with van der Waals surface area (Å²) in [5.74, 6) is 12.5. The topological polar surface area (TPSA) is 132 Å². The smallest absolute Gasteiger partial charge is 0.269 e. The molecule has 5 N–H and O–H groups in total. The standard InChI is InChI=1S/C26H29N7O2/c1-3-5-14-32-15-6-7-20(32)25-31-22(23(24(27)34)33(25)28)18-8-10-19(11-9-18)26(35)30-21-16-17(4-2)12-13-29-21/h8-13,16,20H,4,6-7,14-15,28H2,1-2H3,(H2,27,34)(H,29,30,35). The summed E-state index contributed by atoms with van der Waals surface area (Å²) in [4.78, 5) is 36.2. The SMILES string of the molecule is CC#CCN1CCCC1c1nc(-c2ccc(C(=O)Nc3cc(CC)ccn3)cc2)c(C(N)=O)n1N. The average Bonchev–Trinajstić information content (AvgIpc) is 3.46. The highest BCUT2D eigenvalue weighted by Crippen LogP contribution is 2.33. The van der Waals surface area contributed by atoms with Crippen molar-refractivity contribution in [2.45, 2.75) is 39.2 Å². The summed E-state index contributed by atoms with van der Waals surface area (Å²) in [6.45, 7) is 5.33. The van der Waals surface area contributed by atoms with E-state index in [1.54, 1.807) is 37.4 Å². The largest absolute Gasteiger partial charge is 0.364 e. The van der Waals surface area contributed by atoms with Gasteiger partial charge in [-0.05, 0) is 62.6 Å². The van der Waals surface area contributed by atoms with Crippen LogP contribution >= 0.6 is 0 Å². The molecule has 1 aromatic carbocycles. The second-order valence-corrected chi connectivity index (χ2v) is 8.39. The van der Waals surface area contributed by atoms with Gasteiger partial charge >= 0.3 is 0 Å². The number of rotatable bonds is 7. The molecule has 0 aliphatic carbocycles. The number of nitrogens with one attached hydrogen (secondary N) is 1. The van der Waals surface area contributed by atoms with Crippen LogP contribution in [0.4, 0.5) is 5.82 Å². The van der Waals surface area contributed by atoms with Crippen LogP contribution in [-0.2, 0) is 6.42 Å². The molecule has 0 spiro atoms. The molecule has 1 saturated heterocycles. The van der Waals surface area contributed by atoms with Crippen LogP contribution in [0.15, 0.2) is 42.6 Å². The van der Waals surface area contributed by atoms with Crippen molar-refractivity contribution in [1.29, 1.82) is 0 Å². The van der Waals surface area contributed by atoms with E-state index in [0.29, 0.717) is 35.0 Å². The lowest BCUT2D eigenvalue weighted by Crippen LogP contribution is -2.30. The maximum atomic E-state index is 12.7. The number of hydrogen-bond donors (Lipinski definition) is 3. The van der Waals surface area contributed by atoms with Crippen LogP contribution in [-0.4, -0.2) is 44.4 Å². The van der Waals surface area contributed by atoms with Crippen molar-refractivity contribution in [1.82, 2.24) is 19.5 Å². The minimum absolute atomic E-state index is 0.0517. The number of aromatic nitrogens is 3. The minimum Gasteiger partial charge on any atom is -0.364 e. The summed E-state index contributed by atoms with van der Waals surface area (Å²) >= 11 is 0. The number of hydrogen-bond acceptors (Lipinski definition) is 6. The number of carbonyl (C=O) groups is 2. The first kappa shape index (κ1) is 24.0. The van der Waals surface area contributed by atoms with Crippen LogP contribution in [0, 0.1) is 11.8 Å². The van der Waals surface area contributed by atoms with Gasteiger partial charge in [-0.2, -0.15) is 0 Å². The summed E-state index contributed by atoms with van der Waals surface area (Å²) in [5, 5.41) is 2.81. The maximum absolute atomic E-state index is 12.7. The number of amides is 2. The van der Waals surface area contributed by atoms with Gasteiger partial charge in [0.2, 0.25) is 0 Å². The van der Waals surface area contributed by atoms with Gasteiger partial charge in [-0.25, -0.2) is 14.6 Å². The zero-order valence-corrected chi connectivity index (χ0v) is 19.9. The van der Waals surface area contributed by atoms with Gasteiger partial charge in [-0.15, -0.1) is 5.92 Å². The van der Waals surface area contributed by atoms with Crippen molar-refractivity contribution < 1.29 is 9.59 Å². The lowest BCUT2D eigenvalue weighted by atomic mass is 10.1. The fourth-order valence-electron chi connectivity index (χ4n) is 4.34. The third-order valence-electron chi connectivity index (χ3n) is 6.19. The maximum Gasteiger partial charge on any atom is 0.269 e. The molecule has 0 saturated carbocycles. The fraction of sp³-hybridized carbons (Fsp3) is 0.308. The zero-order valence-electron chi connectivity index (χ0n) is 19.9. The van der Waals surface area contributed by atoms with Gasteiger partial charge in [-0.3, -0.25) is 14.5 Å². The Morgan fingerprint density at radius 1 is 1.23 bits per heavy atom. The number of pyridine rings is 1. The molecule has 35 heavy (non-hydrogen) atoms. The molecule has 9 heteroatoms. The summed E-state index contributed by atoms with van der Waals surface area (Å²) in [6.07, 6.45) is 4.38. The Morgan fingerprint density at radius 2 is 2.00 bits per heavy atom. The number of aryl methyl sites for hydroxylation is 1. The van der Waals surface area contributed by atoms with Crippen LogP contribution in [0.25, 0.3) is 11.3 Å². The van der Waals surface area contributed by atoms with Crippen LogP contribution in [0.2, 0.25) is 0 Å². The normalized spacial score (nSPS) is 15.4. The van der Waals surface area contributed by atoms with Crippen LogP contribution in [0.1, 0.15) is 65.0 Å². The number of imidazole rings is 1. The molecule has 9 nitrogen and oxygen atoms in total. The highest BCUT2D eigenvalue weighted by Gasteiger charge is 2.32. The predicted molar refractivity (Wildman–Crippen MR) is 135 cm³/mol. The highest BCUT2D eigenvalue weighted by molar-refractivity contribution is 6.04. The molecule has 2 aromatic heterocycles. The zero-order chi connectivity index (χ0) is 24.9. The second kappa shape index (κ2) is 10.4. The Bertz CT molecular complexity index is 1300. The summed E-state index contributed by atoms with van der Waals surface area (Å²) in [5.41, 5.74) is 8.38. The molecule has 0 bridgehead atoms. The van der Waals surface area contributed by atoms with Gasteiger partial charge in [0.05, 0.1) is 12.6 Å². The third kappa shape index (κ3) is 5.03. The number of benzene rings is 1. The second-order valence-electron chi connectivity index (χ2n) is 8.39. The van der Waals surface area contributed by atoms with Gasteiger partial charge in [0.25, 0.3) is 11.8 Å². The lowest BCUT2D eigenvalue weighted by Gasteiger charge is -2.21. The summed E-state index contributed by atoms with van der Waals surface area (Å²) in [6, 6.07) is 10.5. The molecular formula is C26H29N7O2. The van der Waals surface area contributed by atoms with Gasteiger partial charge in [0.15, 0.2) is 5.69 Å². The highest BCUT2D eigenvalue weighted by atomic mass is 16.2. The quantitative estimate of drug-likeness (QED) is 0.359. The Hall–Kier alpha value is -4.16. The first-order valence-corrected chi connectivity index (χ1v) is 11.6. The van der Waals surface area contributed by atoms with E-state index in [1.165, 1.54) is 4.68 Å². The van der Waals surface area contributed by atoms with Crippen molar-refractivity contribution in [3.05, 3.63) is 65.2 Å². The molecule has 1 fully saturated rings. The number of carbonyl (C=O) groups excluding carboxylic acids is 2. The molecule has 1 atom stereocenters. The number of nitrogen functional groups attached to an aromatic ring is 1. The van der Waals surface area contributed by atoms with Gasteiger partial charge < -0.3 is 16.9 Å². The first-order chi connectivity index (χ1) is 16.9. The first-order valence-electron chi connectivity index (χ1n) is 11.6. The van der Waals surface area contributed by atoms with Crippen LogP contribution in [0.3, 0.4) is 0 Å². The number of nitrogens with two attached hydrogens (primary N) is 2. The van der Waals surface area contributed by atoms with E-state index in [4.69, 9.17) is 16.6 Å². The molecule has 0 radical (unpaired) electrons. The number of primary amides is 1. The Balaban J connectivity index is 1.61. The average molecular weight is 472 g/mol. The summed E-state index contributed by atoms with van der Waals surface area (Å²) in [7, 11) is 0. The third-order valence-corrected chi connectivity index (χ3v) is 6.19. The van der Waals surface area contributed by atoms with Crippen LogP contribution < -0.4 is 16.9 Å². The Kier molecular flexibility index (Phi) is 7.13. The van der Waals surface area contributed by atoms with Gasteiger partial charge in [-0.1, -0.05) is 25.0 Å². The Labute approximate surface area is 204 Å². The number of likely N-dealkylation sites (tertiary alicyclic amines) is 1. The van der Waals surface area contributed by atoms with E-state index < -0.39 is 5.91 Å². The fourth-order valence-corrected chi connectivity index (χ4v) is 4.34. The lowest BCUT2D eigenvalue weighted by molar-refractivity contribution is 0.0991. The van der Waals surface area contributed by atoms with Crippen molar-refractivity contribution in [2.75, 3.05) is 24.2 Å². The molecule has 180 valence electrons. The monoisotopic (exact) mass is 471 g/mol. The number of anilines is 1. The van der Waals surface area contributed by atoms with Crippen molar-refractivity contribution in [3.63, 3.8) is 0 Å². The summed E-state index contributed by atoms with van der Waals surface area (Å²) < 4.78 is 1.30. The predicted octanol–water partition coefficient (Wildman–Crippen LogP) is 2.73. The molecule has 1 aliphatic heterocycles. The molecule has 1 aliphatic rings. The van der Waals surface area contributed by atoms with E-state index in [-0.39, 0.29) is 17.6 Å². The van der Waals surface area contributed by atoms with Gasteiger partial charge in [0.1, 0.15) is 17.3 Å². The van der Waals surface area contributed by atoms with Crippen molar-refractivity contribution in [3.8, 4) is 23.1 Å². The van der Waals surface area contributed by atoms with Crippen molar-refractivity contribution in [2.24, 2.45) is 5.73 Å². The van der Waals surface area contributed by atoms with E-state index in [9.17, 15) is 9.59 Å². The van der Waals surface area contributed by atoms with Crippen LogP contribution in [0.5, 0.6) is 0 Å². The van der Waals surface area contributed by atoms with Gasteiger partial charge in [0, 0.05) is 17.3 Å². The van der Waals surface area contributed by atoms with E-state index in [1.807, 2.05) is 19.1 Å². The molecule has 4 rings (SSSR count). The molecule has 2 amide bonds. The molecule has 3 aromatic rings. The minimum atomic E-state index is -0.664. The number of nitrogens with zero attached hydrogens (tertiary/aromatic N) is 4. The van der Waals surface area contributed by atoms with E-state index >= 15 is 0 Å². The molecule has 1 unspecified atom stereocenters. The van der Waals surface area contributed by atoms with E-state index in [2.05, 4.69) is 27.0 Å². The molecular weight excluding hydrogens is 442 g/mol. The Morgan fingerprint density at radius 3 is 2.69 bits per heavy atom. The van der Waals surface area contributed by atoms with Crippen molar-refractivity contribution >= 4 is 17.6 Å².